The summed E-state index contributed by atoms with van der Waals surface area (Å²) in [6.07, 6.45) is 4.75. The van der Waals surface area contributed by atoms with E-state index in [4.69, 9.17) is 17.3 Å². The summed E-state index contributed by atoms with van der Waals surface area (Å²) < 4.78 is 1.88. The van der Waals surface area contributed by atoms with Crippen LogP contribution in [0.4, 0.5) is 0 Å². The van der Waals surface area contributed by atoms with Crippen molar-refractivity contribution in [3.05, 3.63) is 53.3 Å². The number of hydrogen-bond donors (Lipinski definition) is 2. The van der Waals surface area contributed by atoms with Crippen molar-refractivity contribution in [3.63, 3.8) is 0 Å². The van der Waals surface area contributed by atoms with Crippen molar-refractivity contribution in [1.82, 2.24) is 15.1 Å². The predicted molar refractivity (Wildman–Crippen MR) is 95.8 cm³/mol. The molecule has 1 aromatic carbocycles. The predicted octanol–water partition coefficient (Wildman–Crippen LogP) is 3.08. The number of aromatic nitrogens is 2. The maximum absolute atomic E-state index is 5.97. The molecular weight excluding hydrogens is 310 g/mol. The van der Waals surface area contributed by atoms with Gasteiger partial charge in [0.2, 0.25) is 0 Å². The first-order chi connectivity index (χ1) is 11.1. The van der Waals surface area contributed by atoms with Crippen LogP contribution in [0.2, 0.25) is 5.02 Å². The lowest BCUT2D eigenvalue weighted by atomic mass is 10.1. The Kier molecular flexibility index (Phi) is 6.47. The molecule has 0 saturated carbocycles. The van der Waals surface area contributed by atoms with Crippen LogP contribution in [0.25, 0.3) is 0 Å². The number of hydrogen-bond acceptors (Lipinski definition) is 2. The Labute approximate surface area is 142 Å². The molecular formula is C17H24ClN5. The van der Waals surface area contributed by atoms with Crippen molar-refractivity contribution in [3.8, 4) is 0 Å². The maximum atomic E-state index is 5.97. The SMILES string of the molecule is CC(C)CCNC(N)=NCC(c1ccc(Cl)cc1)n1cccn1. The third-order valence-electron chi connectivity index (χ3n) is 3.56. The van der Waals surface area contributed by atoms with E-state index in [1.807, 2.05) is 41.2 Å². The summed E-state index contributed by atoms with van der Waals surface area (Å²) in [6, 6.07) is 9.63. The van der Waals surface area contributed by atoms with Gasteiger partial charge >= 0.3 is 0 Å². The molecule has 0 radical (unpaired) electrons. The molecule has 0 amide bonds. The Hall–Kier alpha value is -2.01. The Balaban J connectivity index is 2.05. The zero-order chi connectivity index (χ0) is 16.7. The highest BCUT2D eigenvalue weighted by Gasteiger charge is 2.13. The molecule has 124 valence electrons. The molecule has 3 N–H and O–H groups in total. The van der Waals surface area contributed by atoms with E-state index in [9.17, 15) is 0 Å². The minimum absolute atomic E-state index is 0.00674. The molecule has 0 fully saturated rings. The summed E-state index contributed by atoms with van der Waals surface area (Å²) in [6.45, 7) is 5.72. The summed E-state index contributed by atoms with van der Waals surface area (Å²) in [5.74, 6) is 1.11. The highest BCUT2D eigenvalue weighted by atomic mass is 35.5. The van der Waals surface area contributed by atoms with Crippen molar-refractivity contribution >= 4 is 17.6 Å². The van der Waals surface area contributed by atoms with Crippen molar-refractivity contribution in [1.29, 1.82) is 0 Å². The largest absolute Gasteiger partial charge is 0.370 e. The number of halogens is 1. The van der Waals surface area contributed by atoms with Gasteiger partial charge in [-0.25, -0.2) is 0 Å². The zero-order valence-electron chi connectivity index (χ0n) is 13.6. The molecule has 1 aromatic heterocycles. The van der Waals surface area contributed by atoms with E-state index < -0.39 is 0 Å². The van der Waals surface area contributed by atoms with Crippen molar-refractivity contribution in [2.75, 3.05) is 13.1 Å². The molecule has 1 atom stereocenters. The van der Waals surface area contributed by atoms with E-state index in [2.05, 4.69) is 29.3 Å². The lowest BCUT2D eigenvalue weighted by molar-refractivity contribution is 0.530. The summed E-state index contributed by atoms with van der Waals surface area (Å²) >= 11 is 5.97. The van der Waals surface area contributed by atoms with Gasteiger partial charge in [-0.3, -0.25) is 9.67 Å². The fourth-order valence-electron chi connectivity index (χ4n) is 2.22. The van der Waals surface area contributed by atoms with Gasteiger partial charge < -0.3 is 11.1 Å². The number of benzene rings is 1. The van der Waals surface area contributed by atoms with E-state index in [0.29, 0.717) is 23.4 Å². The van der Waals surface area contributed by atoms with Crippen LogP contribution < -0.4 is 11.1 Å². The van der Waals surface area contributed by atoms with Crippen LogP contribution in [0.5, 0.6) is 0 Å². The minimum Gasteiger partial charge on any atom is -0.370 e. The van der Waals surface area contributed by atoms with Gasteiger partial charge in [-0.05, 0) is 36.1 Å². The third-order valence-corrected chi connectivity index (χ3v) is 3.81. The summed E-state index contributed by atoms with van der Waals surface area (Å²) in [5, 5.41) is 8.20. The number of aliphatic imine (C=N–C) groups is 1. The number of rotatable bonds is 7. The van der Waals surface area contributed by atoms with Gasteiger partial charge in [0.15, 0.2) is 5.96 Å². The Bertz CT molecular complexity index is 604. The third kappa shape index (κ3) is 5.60. The number of nitrogens with one attached hydrogen (secondary N) is 1. The average molecular weight is 334 g/mol. The molecule has 2 aromatic rings. The molecule has 0 aliphatic rings. The molecule has 0 spiro atoms. The number of guanidine groups is 1. The van der Waals surface area contributed by atoms with Crippen molar-refractivity contribution in [2.45, 2.75) is 26.3 Å². The minimum atomic E-state index is -0.00674. The van der Waals surface area contributed by atoms with Gasteiger partial charge in [-0.15, -0.1) is 0 Å². The first-order valence-electron chi connectivity index (χ1n) is 7.84. The summed E-state index contributed by atoms with van der Waals surface area (Å²) in [7, 11) is 0. The van der Waals surface area contributed by atoms with Crippen LogP contribution in [-0.4, -0.2) is 28.8 Å². The Morgan fingerprint density at radius 3 is 2.70 bits per heavy atom. The van der Waals surface area contributed by atoms with Gasteiger partial charge in [-0.2, -0.15) is 5.10 Å². The van der Waals surface area contributed by atoms with Crippen LogP contribution in [0.15, 0.2) is 47.7 Å². The van der Waals surface area contributed by atoms with Crippen molar-refractivity contribution < 1.29 is 0 Å². The van der Waals surface area contributed by atoms with Crippen molar-refractivity contribution in [2.24, 2.45) is 16.6 Å². The molecule has 0 saturated heterocycles. The van der Waals surface area contributed by atoms with Gasteiger partial charge in [0.25, 0.3) is 0 Å². The second-order valence-corrected chi connectivity index (χ2v) is 6.33. The highest BCUT2D eigenvalue weighted by molar-refractivity contribution is 6.30. The summed E-state index contributed by atoms with van der Waals surface area (Å²) in [4.78, 5) is 4.47. The average Bonchev–Trinajstić information content (AvgIpc) is 3.03. The van der Waals surface area contributed by atoms with E-state index in [1.165, 1.54) is 0 Å². The highest BCUT2D eigenvalue weighted by Crippen LogP contribution is 2.20. The van der Waals surface area contributed by atoms with Gasteiger partial charge in [0, 0.05) is 24.0 Å². The van der Waals surface area contributed by atoms with Crippen LogP contribution in [0.1, 0.15) is 31.9 Å². The zero-order valence-corrected chi connectivity index (χ0v) is 14.4. The lowest BCUT2D eigenvalue weighted by Crippen LogP contribution is -2.33. The molecule has 6 heteroatoms. The van der Waals surface area contributed by atoms with Crippen LogP contribution in [0, 0.1) is 5.92 Å². The molecule has 23 heavy (non-hydrogen) atoms. The van der Waals surface area contributed by atoms with Gasteiger partial charge in [0.05, 0.1) is 12.6 Å². The number of nitrogens with zero attached hydrogens (tertiary/aromatic N) is 3. The normalized spacial score (nSPS) is 13.3. The summed E-state index contributed by atoms with van der Waals surface area (Å²) in [5.41, 5.74) is 7.05. The lowest BCUT2D eigenvalue weighted by Gasteiger charge is -2.17. The maximum Gasteiger partial charge on any atom is 0.188 e. The number of nitrogens with two attached hydrogens (primary N) is 1. The molecule has 5 nitrogen and oxygen atoms in total. The Morgan fingerprint density at radius 2 is 2.09 bits per heavy atom. The second-order valence-electron chi connectivity index (χ2n) is 5.89. The molecule has 0 aliphatic heterocycles. The molecule has 1 heterocycles. The fraction of sp³-hybridized carbons (Fsp3) is 0.412. The molecule has 2 rings (SSSR count). The molecule has 0 aliphatic carbocycles. The fourth-order valence-corrected chi connectivity index (χ4v) is 2.35. The second kappa shape index (κ2) is 8.58. The van der Waals surface area contributed by atoms with Crippen LogP contribution in [0.3, 0.4) is 0 Å². The van der Waals surface area contributed by atoms with E-state index in [1.54, 1.807) is 6.20 Å². The van der Waals surface area contributed by atoms with Crippen LogP contribution >= 0.6 is 11.6 Å². The van der Waals surface area contributed by atoms with E-state index >= 15 is 0 Å². The first kappa shape index (κ1) is 17.3. The Morgan fingerprint density at radius 1 is 1.35 bits per heavy atom. The topological polar surface area (TPSA) is 68.2 Å². The quantitative estimate of drug-likeness (QED) is 0.604. The van der Waals surface area contributed by atoms with Gasteiger partial charge in [0.1, 0.15) is 0 Å². The standard InChI is InChI=1S/C17H24ClN5/c1-13(2)8-10-20-17(19)21-12-16(23-11-3-9-22-23)14-4-6-15(18)7-5-14/h3-7,9,11,13,16H,8,10,12H2,1-2H3,(H3,19,20,21). The molecule has 1 unspecified atom stereocenters. The monoisotopic (exact) mass is 333 g/mol. The smallest absolute Gasteiger partial charge is 0.188 e. The van der Waals surface area contributed by atoms with Gasteiger partial charge in [-0.1, -0.05) is 37.6 Å². The van der Waals surface area contributed by atoms with Crippen LogP contribution in [-0.2, 0) is 0 Å². The van der Waals surface area contributed by atoms with E-state index in [0.717, 1.165) is 18.5 Å². The molecule has 0 bridgehead atoms. The first-order valence-corrected chi connectivity index (χ1v) is 8.22. The van der Waals surface area contributed by atoms with E-state index in [-0.39, 0.29) is 6.04 Å².